The van der Waals surface area contributed by atoms with Crippen LogP contribution in [-0.2, 0) is 0 Å². The molecule has 0 spiro atoms. The first-order valence-corrected chi connectivity index (χ1v) is 6.61. The van der Waals surface area contributed by atoms with Crippen molar-refractivity contribution in [2.45, 2.75) is 19.4 Å². The summed E-state index contributed by atoms with van der Waals surface area (Å²) >= 11 is 3.17. The Kier molecular flexibility index (Phi) is 3.28. The number of amides is 1. The van der Waals surface area contributed by atoms with Crippen LogP contribution in [0.15, 0.2) is 17.5 Å². The Bertz CT molecular complexity index is 518. The zero-order valence-electron chi connectivity index (χ0n) is 8.82. The zero-order valence-corrected chi connectivity index (χ0v) is 10.5. The monoisotopic (exact) mass is 249 g/mol. The number of carbonyl (C=O) groups is 1. The van der Waals surface area contributed by atoms with Crippen LogP contribution in [0, 0.1) is 12.3 Å². The fourth-order valence-electron chi connectivity index (χ4n) is 1.40. The van der Waals surface area contributed by atoms with Crippen LogP contribution < -0.4 is 5.32 Å². The molecule has 1 unspecified atom stereocenters. The summed E-state index contributed by atoms with van der Waals surface area (Å²) in [6.45, 7) is 1.91. The maximum Gasteiger partial charge on any atom is 0.261 e. The summed E-state index contributed by atoms with van der Waals surface area (Å²) in [6, 6.07) is 3.99. The van der Waals surface area contributed by atoms with E-state index in [2.05, 4.69) is 11.2 Å². The molecular weight excluding hydrogens is 238 g/mol. The molecule has 0 aromatic carbocycles. The average Bonchev–Trinajstić information content (AvgIpc) is 2.76. The van der Waals surface area contributed by atoms with E-state index in [0.29, 0.717) is 6.42 Å². The van der Waals surface area contributed by atoms with Gasteiger partial charge in [-0.15, -0.1) is 35.0 Å². The molecule has 0 aliphatic heterocycles. The minimum absolute atomic E-state index is 0.0256. The maximum absolute atomic E-state index is 11.8. The van der Waals surface area contributed by atoms with E-state index in [-0.39, 0.29) is 11.9 Å². The number of fused-ring (bicyclic) bond motifs is 1. The third-order valence-corrected chi connectivity index (χ3v) is 4.26. The van der Waals surface area contributed by atoms with Crippen LogP contribution in [0.25, 0.3) is 9.40 Å². The van der Waals surface area contributed by atoms with Crippen LogP contribution in [0.5, 0.6) is 0 Å². The summed E-state index contributed by atoms with van der Waals surface area (Å²) in [7, 11) is 0. The fraction of sp³-hybridized carbons (Fsp3) is 0.250. The van der Waals surface area contributed by atoms with Crippen LogP contribution in [0.1, 0.15) is 23.0 Å². The van der Waals surface area contributed by atoms with E-state index < -0.39 is 0 Å². The Balaban J connectivity index is 2.10. The van der Waals surface area contributed by atoms with Crippen molar-refractivity contribution in [1.82, 2.24) is 5.32 Å². The largest absolute Gasteiger partial charge is 0.348 e. The summed E-state index contributed by atoms with van der Waals surface area (Å²) < 4.78 is 2.33. The summed E-state index contributed by atoms with van der Waals surface area (Å²) in [5.74, 6) is 2.51. The first-order chi connectivity index (χ1) is 7.70. The molecule has 1 N–H and O–H groups in total. The predicted molar refractivity (Wildman–Crippen MR) is 70.1 cm³/mol. The van der Waals surface area contributed by atoms with Gasteiger partial charge in [-0.2, -0.15) is 0 Å². The Morgan fingerprint density at radius 3 is 3.12 bits per heavy atom. The van der Waals surface area contributed by atoms with Crippen molar-refractivity contribution in [2.24, 2.45) is 0 Å². The lowest BCUT2D eigenvalue weighted by Gasteiger charge is -2.09. The number of hydrogen-bond acceptors (Lipinski definition) is 3. The highest BCUT2D eigenvalue weighted by atomic mass is 32.1. The van der Waals surface area contributed by atoms with Crippen LogP contribution in [0.2, 0.25) is 0 Å². The number of carbonyl (C=O) groups excluding carboxylic acids is 1. The van der Waals surface area contributed by atoms with E-state index in [1.807, 2.05) is 24.4 Å². The van der Waals surface area contributed by atoms with Crippen molar-refractivity contribution in [3.63, 3.8) is 0 Å². The molecule has 0 aliphatic rings. The van der Waals surface area contributed by atoms with Gasteiger partial charge >= 0.3 is 0 Å². The van der Waals surface area contributed by atoms with Gasteiger partial charge in [0.1, 0.15) is 0 Å². The third-order valence-electron chi connectivity index (χ3n) is 2.16. The van der Waals surface area contributed by atoms with Crippen molar-refractivity contribution in [1.29, 1.82) is 0 Å². The molecule has 0 radical (unpaired) electrons. The smallest absolute Gasteiger partial charge is 0.261 e. The molecular formula is C12H11NOS2. The van der Waals surface area contributed by atoms with Gasteiger partial charge in [-0.05, 0) is 24.4 Å². The predicted octanol–water partition coefficient (Wildman–Crippen LogP) is 3.10. The van der Waals surface area contributed by atoms with Crippen LogP contribution in [0.4, 0.5) is 0 Å². The molecule has 2 aromatic rings. The molecule has 4 heteroatoms. The lowest BCUT2D eigenvalue weighted by atomic mass is 10.2. The van der Waals surface area contributed by atoms with Gasteiger partial charge in [0.15, 0.2) is 0 Å². The van der Waals surface area contributed by atoms with Crippen molar-refractivity contribution in [2.75, 3.05) is 0 Å². The minimum Gasteiger partial charge on any atom is -0.348 e. The van der Waals surface area contributed by atoms with E-state index in [1.165, 1.54) is 20.7 Å². The highest BCUT2D eigenvalue weighted by Crippen LogP contribution is 2.29. The van der Waals surface area contributed by atoms with Crippen molar-refractivity contribution in [3.05, 3.63) is 22.4 Å². The standard InChI is InChI=1S/C12H11NOS2/c1-3-4-8(2)13-12(14)11-7-10-9(16-11)5-6-15-10/h1,5-8H,4H2,2H3,(H,13,14). The Labute approximate surface area is 102 Å². The van der Waals surface area contributed by atoms with Crippen molar-refractivity contribution >= 4 is 38.0 Å². The second-order valence-corrected chi connectivity index (χ2v) is 5.57. The molecule has 0 saturated carbocycles. The molecule has 0 aliphatic carbocycles. The minimum atomic E-state index is -0.0313. The van der Waals surface area contributed by atoms with Crippen molar-refractivity contribution in [3.8, 4) is 12.3 Å². The second-order valence-electron chi connectivity index (χ2n) is 3.54. The average molecular weight is 249 g/mol. The molecule has 1 atom stereocenters. The Morgan fingerprint density at radius 1 is 1.62 bits per heavy atom. The molecule has 16 heavy (non-hydrogen) atoms. The first-order valence-electron chi connectivity index (χ1n) is 4.92. The Hall–Kier alpha value is -1.31. The molecule has 2 heterocycles. The summed E-state index contributed by atoms with van der Waals surface area (Å²) in [6.07, 6.45) is 5.75. The van der Waals surface area contributed by atoms with E-state index in [4.69, 9.17) is 6.42 Å². The summed E-state index contributed by atoms with van der Waals surface area (Å²) in [5.41, 5.74) is 0. The third kappa shape index (κ3) is 2.26. The van der Waals surface area contributed by atoms with Crippen LogP contribution >= 0.6 is 22.7 Å². The number of terminal acetylenes is 1. The first kappa shape index (κ1) is 11.2. The molecule has 0 fully saturated rings. The number of thiophene rings is 2. The van der Waals surface area contributed by atoms with Gasteiger partial charge in [0.25, 0.3) is 5.91 Å². The topological polar surface area (TPSA) is 29.1 Å². The summed E-state index contributed by atoms with van der Waals surface area (Å²) in [5, 5.41) is 4.91. The van der Waals surface area contributed by atoms with Gasteiger partial charge in [0, 0.05) is 21.9 Å². The van der Waals surface area contributed by atoms with Crippen LogP contribution in [-0.4, -0.2) is 11.9 Å². The van der Waals surface area contributed by atoms with E-state index >= 15 is 0 Å². The quantitative estimate of drug-likeness (QED) is 0.832. The molecule has 0 saturated heterocycles. The lowest BCUT2D eigenvalue weighted by molar-refractivity contribution is 0.0945. The normalized spacial score (nSPS) is 12.2. The van der Waals surface area contributed by atoms with Gasteiger partial charge < -0.3 is 5.32 Å². The highest BCUT2D eigenvalue weighted by molar-refractivity contribution is 7.27. The highest BCUT2D eigenvalue weighted by Gasteiger charge is 2.12. The number of hydrogen-bond donors (Lipinski definition) is 1. The molecule has 1 amide bonds. The van der Waals surface area contributed by atoms with Gasteiger partial charge in [-0.3, -0.25) is 4.79 Å². The van der Waals surface area contributed by atoms with Crippen molar-refractivity contribution < 1.29 is 4.79 Å². The van der Waals surface area contributed by atoms with Crippen LogP contribution in [0.3, 0.4) is 0 Å². The van der Waals surface area contributed by atoms with E-state index in [9.17, 15) is 4.79 Å². The fourth-order valence-corrected chi connectivity index (χ4v) is 3.41. The van der Waals surface area contributed by atoms with E-state index in [0.717, 1.165) is 4.88 Å². The zero-order chi connectivity index (χ0) is 11.5. The van der Waals surface area contributed by atoms with Gasteiger partial charge in [-0.1, -0.05) is 0 Å². The second kappa shape index (κ2) is 4.69. The number of rotatable bonds is 3. The molecule has 2 nitrogen and oxygen atoms in total. The Morgan fingerprint density at radius 2 is 2.44 bits per heavy atom. The molecule has 2 rings (SSSR count). The van der Waals surface area contributed by atoms with E-state index in [1.54, 1.807) is 11.3 Å². The van der Waals surface area contributed by atoms with Gasteiger partial charge in [0.2, 0.25) is 0 Å². The van der Waals surface area contributed by atoms with Gasteiger partial charge in [-0.25, -0.2) is 0 Å². The SMILES string of the molecule is C#CCC(C)NC(=O)c1cc2sccc2s1. The lowest BCUT2D eigenvalue weighted by Crippen LogP contribution is -2.31. The maximum atomic E-state index is 11.8. The molecule has 2 aromatic heterocycles. The molecule has 0 bridgehead atoms. The summed E-state index contributed by atoms with van der Waals surface area (Å²) in [4.78, 5) is 12.6. The van der Waals surface area contributed by atoms with Gasteiger partial charge in [0.05, 0.1) is 4.88 Å². The number of nitrogens with one attached hydrogen (secondary N) is 1. The molecule has 82 valence electrons.